The second-order valence-corrected chi connectivity index (χ2v) is 3.58. The lowest BCUT2D eigenvalue weighted by atomic mass is 10.1. The Balaban J connectivity index is 2.88. The van der Waals surface area contributed by atoms with Gasteiger partial charge in [0.05, 0.1) is 11.3 Å². The van der Waals surface area contributed by atoms with Crippen molar-refractivity contribution in [1.29, 1.82) is 0 Å². The first kappa shape index (κ1) is 10.7. The van der Waals surface area contributed by atoms with E-state index in [1.54, 1.807) is 6.92 Å². The second kappa shape index (κ2) is 3.66. The molecule has 3 nitrogen and oxygen atoms in total. The van der Waals surface area contributed by atoms with E-state index < -0.39 is 17.2 Å². The standard InChI is InChI=1S/C11H10F2N2O/c1-3-6-4-7-9(13)8(12)5(2)14-10(7)15-11(6)16/h4H,3H2,1-2H3,(H,14,15,16). The van der Waals surface area contributed by atoms with E-state index in [1.807, 2.05) is 0 Å². The molecule has 0 fully saturated rings. The zero-order chi connectivity index (χ0) is 11.9. The van der Waals surface area contributed by atoms with E-state index in [9.17, 15) is 13.6 Å². The topological polar surface area (TPSA) is 45.8 Å². The first-order valence-electron chi connectivity index (χ1n) is 4.92. The van der Waals surface area contributed by atoms with E-state index in [1.165, 1.54) is 13.0 Å². The average Bonchev–Trinajstić information content (AvgIpc) is 2.26. The summed E-state index contributed by atoms with van der Waals surface area (Å²) in [6, 6.07) is 1.35. The number of rotatable bonds is 1. The summed E-state index contributed by atoms with van der Waals surface area (Å²) in [5.74, 6) is -1.82. The molecule has 5 heteroatoms. The van der Waals surface area contributed by atoms with Crippen molar-refractivity contribution in [1.82, 2.24) is 9.97 Å². The summed E-state index contributed by atoms with van der Waals surface area (Å²) in [4.78, 5) is 17.7. The number of halogens is 2. The fourth-order valence-corrected chi connectivity index (χ4v) is 1.57. The number of hydrogen-bond donors (Lipinski definition) is 1. The van der Waals surface area contributed by atoms with Gasteiger partial charge in [0.25, 0.3) is 5.56 Å². The summed E-state index contributed by atoms with van der Waals surface area (Å²) in [7, 11) is 0. The Morgan fingerprint density at radius 3 is 2.69 bits per heavy atom. The van der Waals surface area contributed by atoms with Crippen molar-refractivity contribution in [3.63, 3.8) is 0 Å². The van der Waals surface area contributed by atoms with E-state index >= 15 is 0 Å². The van der Waals surface area contributed by atoms with E-state index in [4.69, 9.17) is 0 Å². The monoisotopic (exact) mass is 224 g/mol. The Morgan fingerprint density at radius 2 is 2.06 bits per heavy atom. The first-order chi connectivity index (χ1) is 7.54. The number of nitrogens with zero attached hydrogens (tertiary/aromatic N) is 1. The highest BCUT2D eigenvalue weighted by atomic mass is 19.2. The van der Waals surface area contributed by atoms with Crippen molar-refractivity contribution in [2.75, 3.05) is 0 Å². The predicted molar refractivity (Wildman–Crippen MR) is 55.5 cm³/mol. The SMILES string of the molecule is CCc1cc2c(F)c(F)c(C)[nH]c-2nc1=O. The van der Waals surface area contributed by atoms with Gasteiger partial charge in [-0.15, -0.1) is 0 Å². The fraction of sp³-hybridized carbons (Fsp3) is 0.273. The lowest BCUT2D eigenvalue weighted by molar-refractivity contribution is 0.498. The minimum absolute atomic E-state index is 0.0135. The molecular weight excluding hydrogens is 214 g/mol. The van der Waals surface area contributed by atoms with Crippen LogP contribution in [0, 0.1) is 18.6 Å². The van der Waals surface area contributed by atoms with Crippen LogP contribution in [0.4, 0.5) is 8.78 Å². The highest BCUT2D eigenvalue weighted by Crippen LogP contribution is 2.24. The number of nitrogens with one attached hydrogen (secondary N) is 1. The molecular formula is C11H10F2N2O. The molecule has 0 atom stereocenters. The Kier molecular flexibility index (Phi) is 2.46. The largest absolute Gasteiger partial charge is 0.341 e. The zero-order valence-corrected chi connectivity index (χ0v) is 8.90. The quantitative estimate of drug-likeness (QED) is 0.805. The van der Waals surface area contributed by atoms with Gasteiger partial charge in [-0.1, -0.05) is 6.92 Å². The Morgan fingerprint density at radius 1 is 1.38 bits per heavy atom. The normalized spacial score (nSPS) is 11.0. The van der Waals surface area contributed by atoms with Gasteiger partial charge in [0.15, 0.2) is 11.6 Å². The molecule has 0 amide bonds. The van der Waals surface area contributed by atoms with E-state index in [0.717, 1.165) is 0 Å². The third-order valence-corrected chi connectivity index (χ3v) is 2.51. The summed E-state index contributed by atoms with van der Waals surface area (Å²) < 4.78 is 26.9. The maximum Gasteiger partial charge on any atom is 0.274 e. The smallest absolute Gasteiger partial charge is 0.274 e. The summed E-state index contributed by atoms with van der Waals surface area (Å²) >= 11 is 0. The van der Waals surface area contributed by atoms with Crippen LogP contribution in [0.1, 0.15) is 18.2 Å². The number of fused-ring (bicyclic) bond motifs is 1. The number of aromatic amines is 1. The van der Waals surface area contributed by atoms with Gasteiger partial charge in [-0.05, 0) is 19.4 Å². The Bertz CT molecular complexity index is 577. The summed E-state index contributed by atoms with van der Waals surface area (Å²) in [6.45, 7) is 3.15. The van der Waals surface area contributed by atoms with Crippen LogP contribution in [0.25, 0.3) is 11.4 Å². The molecule has 0 aromatic heterocycles. The number of aryl methyl sites for hydroxylation is 2. The van der Waals surface area contributed by atoms with Crippen molar-refractivity contribution >= 4 is 0 Å². The van der Waals surface area contributed by atoms with Gasteiger partial charge in [0.1, 0.15) is 5.82 Å². The fourth-order valence-electron chi connectivity index (χ4n) is 1.57. The number of aromatic nitrogens is 2. The van der Waals surface area contributed by atoms with Crippen molar-refractivity contribution in [3.8, 4) is 11.4 Å². The van der Waals surface area contributed by atoms with Crippen molar-refractivity contribution in [2.24, 2.45) is 0 Å². The van der Waals surface area contributed by atoms with Gasteiger partial charge in [-0.3, -0.25) is 4.79 Å². The molecule has 0 saturated carbocycles. The molecule has 2 aliphatic rings. The van der Waals surface area contributed by atoms with Crippen LogP contribution in [0.5, 0.6) is 0 Å². The van der Waals surface area contributed by atoms with E-state index in [2.05, 4.69) is 9.97 Å². The van der Waals surface area contributed by atoms with Crippen LogP contribution in [-0.4, -0.2) is 9.97 Å². The minimum Gasteiger partial charge on any atom is -0.341 e. The van der Waals surface area contributed by atoms with Crippen LogP contribution < -0.4 is 5.56 Å². The molecule has 0 aromatic carbocycles. The highest BCUT2D eigenvalue weighted by Gasteiger charge is 2.18. The molecule has 0 aromatic rings. The van der Waals surface area contributed by atoms with E-state index in [0.29, 0.717) is 12.0 Å². The van der Waals surface area contributed by atoms with Crippen molar-refractivity contribution in [3.05, 3.63) is 39.3 Å². The zero-order valence-electron chi connectivity index (χ0n) is 8.90. The maximum absolute atomic E-state index is 13.6. The lowest BCUT2D eigenvalue weighted by Gasteiger charge is -2.09. The summed E-state index contributed by atoms with van der Waals surface area (Å²) in [5.41, 5.74) is 0.0143. The molecule has 2 heterocycles. The van der Waals surface area contributed by atoms with Crippen molar-refractivity contribution < 1.29 is 8.78 Å². The number of H-pyrrole nitrogens is 1. The Hall–Kier alpha value is -1.78. The molecule has 2 aliphatic heterocycles. The van der Waals surface area contributed by atoms with Gasteiger partial charge in [0, 0.05) is 5.56 Å². The van der Waals surface area contributed by atoms with Crippen LogP contribution >= 0.6 is 0 Å². The third-order valence-electron chi connectivity index (χ3n) is 2.51. The van der Waals surface area contributed by atoms with Crippen LogP contribution in [0.15, 0.2) is 10.9 Å². The summed E-state index contributed by atoms with van der Waals surface area (Å²) in [6.07, 6.45) is 0.441. The molecule has 0 aliphatic carbocycles. The molecule has 84 valence electrons. The van der Waals surface area contributed by atoms with Crippen LogP contribution in [-0.2, 0) is 6.42 Å². The van der Waals surface area contributed by atoms with Crippen LogP contribution in [0.2, 0.25) is 0 Å². The van der Waals surface area contributed by atoms with Gasteiger partial charge in [0.2, 0.25) is 0 Å². The number of pyridine rings is 2. The molecule has 0 radical (unpaired) electrons. The van der Waals surface area contributed by atoms with E-state index in [-0.39, 0.29) is 17.1 Å². The van der Waals surface area contributed by atoms with Crippen molar-refractivity contribution in [2.45, 2.75) is 20.3 Å². The molecule has 0 spiro atoms. The molecule has 0 unspecified atom stereocenters. The first-order valence-corrected chi connectivity index (χ1v) is 4.92. The molecule has 0 bridgehead atoms. The molecule has 1 N–H and O–H groups in total. The van der Waals surface area contributed by atoms with Gasteiger partial charge < -0.3 is 4.98 Å². The van der Waals surface area contributed by atoms with Crippen LogP contribution in [0.3, 0.4) is 0 Å². The average molecular weight is 224 g/mol. The predicted octanol–water partition coefficient (Wildman–Crippen LogP) is 2.02. The summed E-state index contributed by atoms with van der Waals surface area (Å²) in [5, 5.41) is 0. The van der Waals surface area contributed by atoms with Gasteiger partial charge >= 0.3 is 0 Å². The van der Waals surface area contributed by atoms with Gasteiger partial charge in [-0.25, -0.2) is 8.78 Å². The molecule has 0 saturated heterocycles. The second-order valence-electron chi connectivity index (χ2n) is 3.58. The maximum atomic E-state index is 13.6. The molecule has 2 rings (SSSR count). The van der Waals surface area contributed by atoms with Gasteiger partial charge in [-0.2, -0.15) is 4.98 Å². The minimum atomic E-state index is -0.964. The lowest BCUT2D eigenvalue weighted by Crippen LogP contribution is -2.16. The number of hydrogen-bond acceptors (Lipinski definition) is 2. The third kappa shape index (κ3) is 1.48. The molecule has 16 heavy (non-hydrogen) atoms. The Labute approximate surface area is 90.5 Å². The highest BCUT2D eigenvalue weighted by molar-refractivity contribution is 5.58.